The summed E-state index contributed by atoms with van der Waals surface area (Å²) in [5.74, 6) is 0.931. The van der Waals surface area contributed by atoms with Crippen molar-refractivity contribution in [3.63, 3.8) is 0 Å². The number of hydrogen-bond acceptors (Lipinski definition) is 2. The van der Waals surface area contributed by atoms with Crippen molar-refractivity contribution in [2.45, 2.75) is 33.2 Å². The van der Waals surface area contributed by atoms with Crippen molar-refractivity contribution in [3.05, 3.63) is 28.2 Å². The summed E-state index contributed by atoms with van der Waals surface area (Å²) in [4.78, 5) is 2.52. The summed E-state index contributed by atoms with van der Waals surface area (Å²) in [6.07, 6.45) is 2.82. The molecule has 0 unspecified atom stereocenters. The first-order valence-corrected chi connectivity index (χ1v) is 7.78. The third-order valence-electron chi connectivity index (χ3n) is 3.50. The highest BCUT2D eigenvalue weighted by Gasteiger charge is 2.24. The van der Waals surface area contributed by atoms with Gasteiger partial charge in [0.2, 0.25) is 0 Å². The Morgan fingerprint density at radius 1 is 1.33 bits per heavy atom. The first kappa shape index (κ1) is 13.9. The molecule has 0 aliphatic heterocycles. The lowest BCUT2D eigenvalue weighted by Crippen LogP contribution is -2.27. The lowest BCUT2D eigenvalue weighted by Gasteiger charge is -2.26. The molecule has 1 aromatic rings. The van der Waals surface area contributed by atoms with Crippen LogP contribution in [-0.4, -0.2) is 19.6 Å². The van der Waals surface area contributed by atoms with Gasteiger partial charge in [0.1, 0.15) is 0 Å². The summed E-state index contributed by atoms with van der Waals surface area (Å²) >= 11 is 3.58. The van der Waals surface area contributed by atoms with Crippen LogP contribution in [0.2, 0.25) is 0 Å². The maximum absolute atomic E-state index is 3.58. The molecule has 1 N–H and O–H groups in total. The second-order valence-electron chi connectivity index (χ2n) is 5.04. The van der Waals surface area contributed by atoms with E-state index < -0.39 is 0 Å². The average molecular weight is 311 g/mol. The number of benzene rings is 1. The van der Waals surface area contributed by atoms with E-state index in [1.54, 1.807) is 0 Å². The number of hydrogen-bond donors (Lipinski definition) is 1. The van der Waals surface area contributed by atoms with Gasteiger partial charge in [-0.25, -0.2) is 0 Å². The van der Waals surface area contributed by atoms with E-state index >= 15 is 0 Å². The lowest BCUT2D eigenvalue weighted by atomic mass is 10.1. The largest absolute Gasteiger partial charge is 0.371 e. The molecule has 1 fully saturated rings. The van der Waals surface area contributed by atoms with E-state index in [1.165, 1.54) is 35.1 Å². The van der Waals surface area contributed by atoms with Gasteiger partial charge in [0, 0.05) is 29.8 Å². The molecule has 0 bridgehead atoms. The second-order valence-corrected chi connectivity index (χ2v) is 5.95. The molecule has 1 aliphatic carbocycles. The van der Waals surface area contributed by atoms with Crippen molar-refractivity contribution < 1.29 is 0 Å². The van der Waals surface area contributed by atoms with Gasteiger partial charge >= 0.3 is 0 Å². The van der Waals surface area contributed by atoms with Crippen molar-refractivity contribution in [1.29, 1.82) is 0 Å². The fraction of sp³-hybridized carbons (Fsp3) is 0.600. The number of anilines is 1. The van der Waals surface area contributed by atoms with Gasteiger partial charge < -0.3 is 10.2 Å². The quantitative estimate of drug-likeness (QED) is 0.824. The minimum absolute atomic E-state index is 0.931. The minimum Gasteiger partial charge on any atom is -0.371 e. The van der Waals surface area contributed by atoms with Gasteiger partial charge in [0.15, 0.2) is 0 Å². The van der Waals surface area contributed by atoms with Gasteiger partial charge in [-0.05, 0) is 56.0 Å². The predicted molar refractivity (Wildman–Crippen MR) is 82.1 cm³/mol. The Labute approximate surface area is 119 Å². The van der Waals surface area contributed by atoms with Gasteiger partial charge in [-0.2, -0.15) is 0 Å². The highest BCUT2D eigenvalue weighted by atomic mass is 79.9. The predicted octanol–water partition coefficient (Wildman–Crippen LogP) is 3.79. The van der Waals surface area contributed by atoms with Crippen LogP contribution in [0.1, 0.15) is 32.3 Å². The van der Waals surface area contributed by atoms with Crippen LogP contribution in [0.3, 0.4) is 0 Å². The molecular formula is C15H23BrN2. The molecule has 1 aromatic carbocycles. The van der Waals surface area contributed by atoms with E-state index in [0.717, 1.165) is 25.6 Å². The molecular weight excluding hydrogens is 288 g/mol. The van der Waals surface area contributed by atoms with Gasteiger partial charge in [-0.15, -0.1) is 0 Å². The molecule has 0 atom stereocenters. The van der Waals surface area contributed by atoms with E-state index in [0.29, 0.717) is 0 Å². The van der Waals surface area contributed by atoms with Gasteiger partial charge in [0.25, 0.3) is 0 Å². The zero-order chi connectivity index (χ0) is 13.0. The molecule has 18 heavy (non-hydrogen) atoms. The fourth-order valence-electron chi connectivity index (χ4n) is 2.27. The zero-order valence-electron chi connectivity index (χ0n) is 11.4. The molecule has 3 heteroatoms. The van der Waals surface area contributed by atoms with Crippen molar-refractivity contribution in [1.82, 2.24) is 5.32 Å². The Balaban J connectivity index is 2.16. The number of nitrogens with one attached hydrogen (secondary N) is 1. The molecule has 0 amide bonds. The standard InChI is InChI=1S/C15H23BrN2/c1-3-17-10-13-9-14(16)7-8-15(13)18(4-2)11-12-5-6-12/h7-9,12,17H,3-6,10-11H2,1-2H3. The van der Waals surface area contributed by atoms with E-state index in [-0.39, 0.29) is 0 Å². The van der Waals surface area contributed by atoms with Crippen LogP contribution in [0.4, 0.5) is 5.69 Å². The molecule has 1 aliphatic rings. The fourth-order valence-corrected chi connectivity index (χ4v) is 2.68. The Morgan fingerprint density at radius 3 is 2.72 bits per heavy atom. The van der Waals surface area contributed by atoms with Gasteiger partial charge in [-0.3, -0.25) is 0 Å². The zero-order valence-corrected chi connectivity index (χ0v) is 13.0. The molecule has 0 aromatic heterocycles. The monoisotopic (exact) mass is 310 g/mol. The molecule has 0 radical (unpaired) electrons. The van der Waals surface area contributed by atoms with Crippen molar-refractivity contribution in [3.8, 4) is 0 Å². The summed E-state index contributed by atoms with van der Waals surface area (Å²) in [6, 6.07) is 6.65. The topological polar surface area (TPSA) is 15.3 Å². The highest BCUT2D eigenvalue weighted by molar-refractivity contribution is 9.10. The minimum atomic E-state index is 0.931. The SMILES string of the molecule is CCNCc1cc(Br)ccc1N(CC)CC1CC1. The average Bonchev–Trinajstić information content (AvgIpc) is 3.18. The Kier molecular flexibility index (Phi) is 5.07. The molecule has 100 valence electrons. The molecule has 0 saturated heterocycles. The van der Waals surface area contributed by atoms with Crippen molar-refractivity contribution in [2.24, 2.45) is 5.92 Å². The normalized spacial score (nSPS) is 14.8. The maximum atomic E-state index is 3.58. The van der Waals surface area contributed by atoms with Crippen LogP contribution < -0.4 is 10.2 Å². The highest BCUT2D eigenvalue weighted by Crippen LogP contribution is 2.33. The van der Waals surface area contributed by atoms with Gasteiger partial charge in [-0.1, -0.05) is 22.9 Å². The summed E-state index contributed by atoms with van der Waals surface area (Å²) < 4.78 is 1.17. The number of rotatable bonds is 7. The third kappa shape index (κ3) is 3.72. The van der Waals surface area contributed by atoms with E-state index in [4.69, 9.17) is 0 Å². The first-order valence-electron chi connectivity index (χ1n) is 6.98. The summed E-state index contributed by atoms with van der Waals surface area (Å²) in [7, 11) is 0. The van der Waals surface area contributed by atoms with Crippen molar-refractivity contribution >= 4 is 21.6 Å². The molecule has 0 heterocycles. The number of halogens is 1. The first-order chi connectivity index (χ1) is 8.74. The molecule has 0 spiro atoms. The summed E-state index contributed by atoms with van der Waals surface area (Å²) in [5.41, 5.74) is 2.79. The van der Waals surface area contributed by atoms with Crippen LogP contribution >= 0.6 is 15.9 Å². The van der Waals surface area contributed by atoms with Crippen molar-refractivity contribution in [2.75, 3.05) is 24.5 Å². The summed E-state index contributed by atoms with van der Waals surface area (Å²) in [5, 5.41) is 3.43. The van der Waals surface area contributed by atoms with Crippen LogP contribution in [0.25, 0.3) is 0 Å². The van der Waals surface area contributed by atoms with Crippen LogP contribution in [0.5, 0.6) is 0 Å². The smallest absolute Gasteiger partial charge is 0.0412 e. The molecule has 1 saturated carbocycles. The molecule has 2 rings (SSSR count). The van der Waals surface area contributed by atoms with E-state index in [2.05, 4.69) is 58.2 Å². The summed E-state index contributed by atoms with van der Waals surface area (Å²) in [6.45, 7) is 8.68. The third-order valence-corrected chi connectivity index (χ3v) is 4.00. The number of nitrogens with zero attached hydrogens (tertiary/aromatic N) is 1. The Hall–Kier alpha value is -0.540. The Morgan fingerprint density at radius 2 is 2.11 bits per heavy atom. The van der Waals surface area contributed by atoms with E-state index in [1.807, 2.05) is 0 Å². The molecule has 2 nitrogen and oxygen atoms in total. The Bertz CT molecular complexity index is 388. The second kappa shape index (κ2) is 6.58. The van der Waals surface area contributed by atoms with E-state index in [9.17, 15) is 0 Å². The van der Waals surface area contributed by atoms with Crippen LogP contribution in [0, 0.1) is 5.92 Å². The maximum Gasteiger partial charge on any atom is 0.0412 e. The van der Waals surface area contributed by atoms with Gasteiger partial charge in [0.05, 0.1) is 0 Å². The lowest BCUT2D eigenvalue weighted by molar-refractivity contribution is 0.706. The van der Waals surface area contributed by atoms with Crippen LogP contribution in [0.15, 0.2) is 22.7 Å². The van der Waals surface area contributed by atoms with Crippen LogP contribution in [-0.2, 0) is 6.54 Å².